The van der Waals surface area contributed by atoms with E-state index in [1.54, 1.807) is 6.08 Å². The standard InChI is InChI=1S/C14H27NO/c1-4-5-6-7-8-9-10-11-12-14(2,3)15-13-16/h4-12H2,1-3H3. The minimum Gasteiger partial charge on any atom is -0.211 e. The highest BCUT2D eigenvalue weighted by Crippen LogP contribution is 2.18. The Morgan fingerprint density at radius 3 is 1.94 bits per heavy atom. The summed E-state index contributed by atoms with van der Waals surface area (Å²) in [5, 5.41) is 0. The fourth-order valence-electron chi connectivity index (χ4n) is 1.87. The molecular weight excluding hydrogens is 198 g/mol. The molecular formula is C14H27NO. The van der Waals surface area contributed by atoms with Crippen molar-refractivity contribution < 1.29 is 4.79 Å². The van der Waals surface area contributed by atoms with Crippen LogP contribution in [0.4, 0.5) is 0 Å². The first-order valence-corrected chi connectivity index (χ1v) is 6.71. The van der Waals surface area contributed by atoms with Gasteiger partial charge >= 0.3 is 0 Å². The number of hydrogen-bond donors (Lipinski definition) is 0. The topological polar surface area (TPSA) is 29.4 Å². The number of unbranched alkanes of at least 4 members (excludes halogenated alkanes) is 7. The van der Waals surface area contributed by atoms with Crippen molar-refractivity contribution in [2.45, 2.75) is 84.1 Å². The summed E-state index contributed by atoms with van der Waals surface area (Å²) in [7, 11) is 0. The third-order valence-electron chi connectivity index (χ3n) is 2.99. The lowest BCUT2D eigenvalue weighted by Crippen LogP contribution is -2.15. The van der Waals surface area contributed by atoms with Gasteiger partial charge in [-0.2, -0.15) is 4.99 Å². The molecule has 0 aliphatic carbocycles. The van der Waals surface area contributed by atoms with Gasteiger partial charge in [-0.25, -0.2) is 4.79 Å². The van der Waals surface area contributed by atoms with Crippen LogP contribution in [0.2, 0.25) is 0 Å². The summed E-state index contributed by atoms with van der Waals surface area (Å²) in [6.07, 6.45) is 13.2. The molecule has 16 heavy (non-hydrogen) atoms. The number of aliphatic imine (C=N–C) groups is 1. The van der Waals surface area contributed by atoms with Crippen LogP contribution < -0.4 is 0 Å². The Labute approximate surface area is 101 Å². The monoisotopic (exact) mass is 225 g/mol. The molecule has 0 atom stereocenters. The first kappa shape index (κ1) is 15.4. The van der Waals surface area contributed by atoms with Gasteiger partial charge in [-0.15, -0.1) is 0 Å². The second-order valence-electron chi connectivity index (χ2n) is 5.24. The first-order chi connectivity index (χ1) is 7.62. The zero-order valence-electron chi connectivity index (χ0n) is 11.2. The molecule has 0 saturated carbocycles. The third-order valence-corrected chi connectivity index (χ3v) is 2.99. The van der Waals surface area contributed by atoms with Gasteiger partial charge in [-0.05, 0) is 20.3 Å². The van der Waals surface area contributed by atoms with E-state index >= 15 is 0 Å². The lowest BCUT2D eigenvalue weighted by molar-refractivity contribution is 0.438. The Bertz CT molecular complexity index is 205. The van der Waals surface area contributed by atoms with Gasteiger partial charge in [0.2, 0.25) is 6.08 Å². The zero-order valence-corrected chi connectivity index (χ0v) is 11.2. The number of nitrogens with zero attached hydrogens (tertiary/aromatic N) is 1. The Hall–Kier alpha value is -0.620. The van der Waals surface area contributed by atoms with E-state index in [4.69, 9.17) is 0 Å². The Balaban J connectivity index is 3.30. The molecule has 0 radical (unpaired) electrons. The fraction of sp³-hybridized carbons (Fsp3) is 0.929. The van der Waals surface area contributed by atoms with Crippen LogP contribution in [0, 0.1) is 0 Å². The quantitative estimate of drug-likeness (QED) is 0.303. The maximum atomic E-state index is 10.2. The van der Waals surface area contributed by atoms with Crippen LogP contribution >= 0.6 is 0 Å². The van der Waals surface area contributed by atoms with Gasteiger partial charge in [-0.1, -0.05) is 58.3 Å². The summed E-state index contributed by atoms with van der Waals surface area (Å²) in [5.41, 5.74) is -0.204. The molecule has 0 aliphatic rings. The van der Waals surface area contributed by atoms with E-state index in [0.717, 1.165) is 6.42 Å². The van der Waals surface area contributed by atoms with Crippen LogP contribution in [0.25, 0.3) is 0 Å². The number of carbonyl (C=O) groups excluding carboxylic acids is 1. The number of hydrogen-bond acceptors (Lipinski definition) is 2. The summed E-state index contributed by atoms with van der Waals surface area (Å²) in [6, 6.07) is 0. The van der Waals surface area contributed by atoms with E-state index in [2.05, 4.69) is 11.9 Å². The van der Waals surface area contributed by atoms with E-state index in [1.807, 2.05) is 13.8 Å². The molecule has 0 aliphatic heterocycles. The predicted molar refractivity (Wildman–Crippen MR) is 69.4 cm³/mol. The van der Waals surface area contributed by atoms with Crippen LogP contribution in [0.3, 0.4) is 0 Å². The SMILES string of the molecule is CCCCCCCCCCC(C)(C)N=C=O. The number of rotatable bonds is 10. The molecule has 0 fully saturated rings. The molecule has 0 aromatic heterocycles. The Morgan fingerprint density at radius 2 is 1.44 bits per heavy atom. The predicted octanol–water partition coefficient (Wildman–Crippen LogP) is 4.63. The van der Waals surface area contributed by atoms with Crippen molar-refractivity contribution in [3.63, 3.8) is 0 Å². The molecule has 0 spiro atoms. The maximum Gasteiger partial charge on any atom is 0.235 e. The van der Waals surface area contributed by atoms with Crippen molar-refractivity contribution in [1.82, 2.24) is 0 Å². The summed E-state index contributed by atoms with van der Waals surface area (Å²) in [5.74, 6) is 0. The van der Waals surface area contributed by atoms with Crippen molar-refractivity contribution in [2.24, 2.45) is 4.99 Å². The summed E-state index contributed by atoms with van der Waals surface area (Å²) >= 11 is 0. The molecule has 2 nitrogen and oxygen atoms in total. The van der Waals surface area contributed by atoms with Crippen molar-refractivity contribution in [2.75, 3.05) is 0 Å². The second kappa shape index (κ2) is 9.59. The van der Waals surface area contributed by atoms with Gasteiger partial charge < -0.3 is 0 Å². The van der Waals surface area contributed by atoms with Gasteiger partial charge in [0.1, 0.15) is 0 Å². The largest absolute Gasteiger partial charge is 0.235 e. The van der Waals surface area contributed by atoms with Gasteiger partial charge in [0.25, 0.3) is 0 Å². The molecule has 0 saturated heterocycles. The minimum absolute atomic E-state index is 0.204. The van der Waals surface area contributed by atoms with Gasteiger partial charge in [0.15, 0.2) is 0 Å². The molecule has 0 bridgehead atoms. The van der Waals surface area contributed by atoms with Gasteiger partial charge in [0, 0.05) is 0 Å². The summed E-state index contributed by atoms with van der Waals surface area (Å²) < 4.78 is 0. The highest BCUT2D eigenvalue weighted by molar-refractivity contribution is 5.34. The first-order valence-electron chi connectivity index (χ1n) is 6.71. The Kier molecular flexibility index (Phi) is 9.22. The lowest BCUT2D eigenvalue weighted by atomic mass is 9.97. The highest BCUT2D eigenvalue weighted by atomic mass is 16.1. The number of isocyanates is 1. The molecule has 0 N–H and O–H groups in total. The Morgan fingerprint density at radius 1 is 0.938 bits per heavy atom. The average molecular weight is 225 g/mol. The highest BCUT2D eigenvalue weighted by Gasteiger charge is 2.14. The third kappa shape index (κ3) is 9.92. The molecule has 0 amide bonds. The average Bonchev–Trinajstić information content (AvgIpc) is 2.22. The van der Waals surface area contributed by atoms with Crippen LogP contribution in [0.1, 0.15) is 78.6 Å². The molecule has 0 aromatic rings. The van der Waals surface area contributed by atoms with Crippen LogP contribution in [-0.4, -0.2) is 11.6 Å². The van der Waals surface area contributed by atoms with Crippen LogP contribution in [0.5, 0.6) is 0 Å². The van der Waals surface area contributed by atoms with Crippen LogP contribution in [-0.2, 0) is 4.79 Å². The van der Waals surface area contributed by atoms with Crippen molar-refractivity contribution in [3.8, 4) is 0 Å². The zero-order chi connectivity index (χ0) is 12.3. The normalized spacial score (nSPS) is 11.2. The van der Waals surface area contributed by atoms with Crippen LogP contribution in [0.15, 0.2) is 4.99 Å². The maximum absolute atomic E-state index is 10.2. The van der Waals surface area contributed by atoms with Crippen molar-refractivity contribution in [3.05, 3.63) is 0 Å². The minimum atomic E-state index is -0.204. The molecule has 2 heteroatoms. The van der Waals surface area contributed by atoms with E-state index in [-0.39, 0.29) is 5.54 Å². The van der Waals surface area contributed by atoms with Crippen molar-refractivity contribution >= 4 is 6.08 Å². The second-order valence-corrected chi connectivity index (χ2v) is 5.24. The smallest absolute Gasteiger partial charge is 0.211 e. The molecule has 0 heterocycles. The molecule has 0 rings (SSSR count). The molecule has 0 aromatic carbocycles. The van der Waals surface area contributed by atoms with E-state index in [0.29, 0.717) is 0 Å². The van der Waals surface area contributed by atoms with E-state index in [1.165, 1.54) is 51.4 Å². The summed E-state index contributed by atoms with van der Waals surface area (Å²) in [4.78, 5) is 14.0. The molecule has 0 unspecified atom stereocenters. The lowest BCUT2D eigenvalue weighted by Gasteiger charge is -2.16. The fourth-order valence-corrected chi connectivity index (χ4v) is 1.87. The van der Waals surface area contributed by atoms with E-state index in [9.17, 15) is 4.79 Å². The van der Waals surface area contributed by atoms with Crippen molar-refractivity contribution in [1.29, 1.82) is 0 Å². The van der Waals surface area contributed by atoms with Gasteiger partial charge in [-0.3, -0.25) is 0 Å². The van der Waals surface area contributed by atoms with Gasteiger partial charge in [0.05, 0.1) is 5.54 Å². The summed E-state index contributed by atoms with van der Waals surface area (Å²) in [6.45, 7) is 6.24. The molecule has 94 valence electrons. The van der Waals surface area contributed by atoms with E-state index < -0.39 is 0 Å².